The lowest BCUT2D eigenvalue weighted by Crippen LogP contribution is -2.26. The molecular formula is C21H21N3O4. The predicted octanol–water partition coefficient (Wildman–Crippen LogP) is 2.70. The number of amides is 1. The Kier molecular flexibility index (Phi) is 5.08. The van der Waals surface area contributed by atoms with Crippen LogP contribution in [0.2, 0.25) is 0 Å². The smallest absolute Gasteiger partial charge is 0.258 e. The van der Waals surface area contributed by atoms with E-state index in [1.165, 1.54) is 10.5 Å². The molecule has 0 aliphatic carbocycles. The molecule has 3 heterocycles. The summed E-state index contributed by atoms with van der Waals surface area (Å²) >= 11 is 0. The first-order valence-corrected chi connectivity index (χ1v) is 9.23. The summed E-state index contributed by atoms with van der Waals surface area (Å²) in [6, 6.07) is 12.3. The third kappa shape index (κ3) is 4.04. The van der Waals surface area contributed by atoms with E-state index in [1.807, 2.05) is 19.1 Å². The van der Waals surface area contributed by atoms with Crippen molar-refractivity contribution >= 4 is 17.2 Å². The molecule has 28 heavy (non-hydrogen) atoms. The minimum Gasteiger partial charge on any atom is -0.487 e. The first-order chi connectivity index (χ1) is 13.6. The summed E-state index contributed by atoms with van der Waals surface area (Å²) in [6.45, 7) is 2.70. The Labute approximate surface area is 161 Å². The molecule has 0 spiro atoms. The molecule has 0 saturated carbocycles. The molecule has 7 nitrogen and oxygen atoms in total. The molecule has 2 aromatic heterocycles. The highest BCUT2D eigenvalue weighted by molar-refractivity contribution is 5.94. The summed E-state index contributed by atoms with van der Waals surface area (Å²) < 4.78 is 12.7. The molecule has 1 fully saturated rings. The molecule has 1 saturated heterocycles. The summed E-state index contributed by atoms with van der Waals surface area (Å²) in [5, 5.41) is 2.85. The Morgan fingerprint density at radius 3 is 3.04 bits per heavy atom. The number of benzene rings is 1. The molecule has 144 valence electrons. The van der Waals surface area contributed by atoms with Gasteiger partial charge in [0, 0.05) is 30.6 Å². The van der Waals surface area contributed by atoms with Gasteiger partial charge in [0.2, 0.25) is 0 Å². The van der Waals surface area contributed by atoms with Crippen molar-refractivity contribution in [1.29, 1.82) is 0 Å². The fourth-order valence-electron chi connectivity index (χ4n) is 3.16. The molecular weight excluding hydrogens is 358 g/mol. The number of carbonyl (C=O) groups excluding carboxylic acids is 1. The number of ether oxygens (including phenoxy) is 2. The predicted molar refractivity (Wildman–Crippen MR) is 105 cm³/mol. The van der Waals surface area contributed by atoms with Crippen molar-refractivity contribution in [3.63, 3.8) is 0 Å². The molecule has 1 aliphatic rings. The highest BCUT2D eigenvalue weighted by Gasteiger charge is 2.23. The maximum Gasteiger partial charge on any atom is 0.258 e. The summed E-state index contributed by atoms with van der Waals surface area (Å²) in [5.74, 6) is 0.435. The van der Waals surface area contributed by atoms with Gasteiger partial charge >= 0.3 is 0 Å². The van der Waals surface area contributed by atoms with Crippen LogP contribution in [0.25, 0.3) is 5.65 Å². The van der Waals surface area contributed by atoms with Gasteiger partial charge in [0.15, 0.2) is 0 Å². The van der Waals surface area contributed by atoms with Crippen molar-refractivity contribution in [2.45, 2.75) is 32.5 Å². The van der Waals surface area contributed by atoms with E-state index >= 15 is 0 Å². The van der Waals surface area contributed by atoms with Crippen LogP contribution in [0.15, 0.2) is 53.5 Å². The summed E-state index contributed by atoms with van der Waals surface area (Å²) in [6.07, 6.45) is 3.02. The van der Waals surface area contributed by atoms with Crippen molar-refractivity contribution in [3.05, 3.63) is 70.3 Å². The minimum atomic E-state index is -0.386. The number of fused-ring (bicyclic) bond motifs is 1. The molecule has 1 aliphatic heterocycles. The highest BCUT2D eigenvalue weighted by Crippen LogP contribution is 2.20. The van der Waals surface area contributed by atoms with E-state index in [0.29, 0.717) is 29.4 Å². The van der Waals surface area contributed by atoms with Crippen molar-refractivity contribution in [3.8, 4) is 5.75 Å². The summed E-state index contributed by atoms with van der Waals surface area (Å²) in [4.78, 5) is 28.9. The largest absolute Gasteiger partial charge is 0.487 e. The van der Waals surface area contributed by atoms with Gasteiger partial charge in [-0.05, 0) is 43.5 Å². The first-order valence-electron chi connectivity index (χ1n) is 9.23. The number of anilines is 1. The van der Waals surface area contributed by atoms with Crippen LogP contribution in [0.4, 0.5) is 5.69 Å². The van der Waals surface area contributed by atoms with Crippen molar-refractivity contribution < 1.29 is 14.3 Å². The van der Waals surface area contributed by atoms with Crippen LogP contribution in [-0.2, 0) is 16.1 Å². The highest BCUT2D eigenvalue weighted by atomic mass is 16.5. The number of carbonyl (C=O) groups is 1. The van der Waals surface area contributed by atoms with Gasteiger partial charge in [-0.15, -0.1) is 0 Å². The van der Waals surface area contributed by atoms with Gasteiger partial charge in [0.05, 0.1) is 5.69 Å². The van der Waals surface area contributed by atoms with E-state index in [0.717, 1.165) is 18.4 Å². The van der Waals surface area contributed by atoms with Crippen LogP contribution < -0.4 is 15.6 Å². The lowest BCUT2D eigenvalue weighted by molar-refractivity contribution is -0.124. The average Bonchev–Trinajstić information content (AvgIpc) is 3.22. The molecule has 0 radical (unpaired) electrons. The molecule has 0 bridgehead atoms. The monoisotopic (exact) mass is 379 g/mol. The van der Waals surface area contributed by atoms with Crippen molar-refractivity contribution in [2.24, 2.45) is 0 Å². The fourth-order valence-corrected chi connectivity index (χ4v) is 3.16. The van der Waals surface area contributed by atoms with Gasteiger partial charge in [0.1, 0.15) is 24.1 Å². The maximum atomic E-state index is 12.3. The van der Waals surface area contributed by atoms with Crippen molar-refractivity contribution in [2.75, 3.05) is 11.9 Å². The number of hydrogen-bond donors (Lipinski definition) is 1. The Bertz CT molecular complexity index is 1070. The normalized spacial score (nSPS) is 16.2. The zero-order chi connectivity index (χ0) is 19.5. The van der Waals surface area contributed by atoms with Gasteiger partial charge in [-0.3, -0.25) is 14.0 Å². The summed E-state index contributed by atoms with van der Waals surface area (Å²) in [5.41, 5.74) is 2.60. The van der Waals surface area contributed by atoms with Crippen LogP contribution in [0.1, 0.15) is 24.1 Å². The Hall–Kier alpha value is -3.19. The second-order valence-corrected chi connectivity index (χ2v) is 6.83. The SMILES string of the molecule is Cc1ccc2nc(COc3cccc(NC(=O)C4CCCO4)c3)cc(=O)n2c1. The number of aryl methyl sites for hydroxylation is 1. The Balaban J connectivity index is 1.45. The van der Waals surface area contributed by atoms with Crippen LogP contribution in [0.3, 0.4) is 0 Å². The van der Waals surface area contributed by atoms with Crippen LogP contribution in [0.5, 0.6) is 5.75 Å². The van der Waals surface area contributed by atoms with Crippen LogP contribution in [0, 0.1) is 6.92 Å². The number of hydrogen-bond acceptors (Lipinski definition) is 5. The standard InChI is InChI=1S/C21H21N3O4/c1-14-7-8-19-22-16(11-20(25)24(19)12-14)13-28-17-5-2-4-15(10-17)23-21(26)18-6-3-9-27-18/h2,4-5,7-8,10-12,18H,3,6,9,13H2,1H3,(H,23,26). The Morgan fingerprint density at radius 2 is 2.21 bits per heavy atom. The lowest BCUT2D eigenvalue weighted by Gasteiger charge is -2.12. The molecule has 4 rings (SSSR count). The first kappa shape index (κ1) is 18.2. The molecule has 1 N–H and O–H groups in total. The van der Waals surface area contributed by atoms with Crippen molar-refractivity contribution in [1.82, 2.24) is 9.38 Å². The van der Waals surface area contributed by atoms with E-state index in [4.69, 9.17) is 9.47 Å². The average molecular weight is 379 g/mol. The zero-order valence-electron chi connectivity index (χ0n) is 15.6. The fraction of sp³-hybridized carbons (Fsp3) is 0.286. The molecule has 3 aromatic rings. The minimum absolute atomic E-state index is 0.144. The van der Waals surface area contributed by atoms with Gasteiger partial charge in [-0.25, -0.2) is 4.98 Å². The lowest BCUT2D eigenvalue weighted by atomic mass is 10.2. The quantitative estimate of drug-likeness (QED) is 0.737. The molecule has 7 heteroatoms. The van der Waals surface area contributed by atoms with E-state index in [-0.39, 0.29) is 24.2 Å². The second kappa shape index (κ2) is 7.82. The van der Waals surface area contributed by atoms with Crippen LogP contribution >= 0.6 is 0 Å². The third-order valence-corrected chi connectivity index (χ3v) is 4.57. The topological polar surface area (TPSA) is 81.9 Å². The third-order valence-electron chi connectivity index (χ3n) is 4.57. The van der Waals surface area contributed by atoms with Gasteiger partial charge in [-0.2, -0.15) is 0 Å². The maximum absolute atomic E-state index is 12.3. The van der Waals surface area contributed by atoms with Gasteiger partial charge in [-0.1, -0.05) is 12.1 Å². The molecule has 1 aromatic carbocycles. The Morgan fingerprint density at radius 1 is 1.32 bits per heavy atom. The second-order valence-electron chi connectivity index (χ2n) is 6.83. The van der Waals surface area contributed by atoms with E-state index in [9.17, 15) is 9.59 Å². The zero-order valence-corrected chi connectivity index (χ0v) is 15.6. The number of rotatable bonds is 5. The van der Waals surface area contributed by atoms with Gasteiger partial charge in [0.25, 0.3) is 11.5 Å². The van der Waals surface area contributed by atoms with E-state index in [1.54, 1.807) is 30.5 Å². The van der Waals surface area contributed by atoms with E-state index in [2.05, 4.69) is 10.3 Å². The summed E-state index contributed by atoms with van der Waals surface area (Å²) in [7, 11) is 0. The molecule has 1 atom stereocenters. The molecule has 1 unspecified atom stereocenters. The number of aromatic nitrogens is 2. The molecule has 1 amide bonds. The van der Waals surface area contributed by atoms with Crippen LogP contribution in [-0.4, -0.2) is 28.0 Å². The number of nitrogens with one attached hydrogen (secondary N) is 1. The number of pyridine rings is 1. The van der Waals surface area contributed by atoms with E-state index < -0.39 is 0 Å². The van der Waals surface area contributed by atoms with Gasteiger partial charge < -0.3 is 14.8 Å². The number of nitrogens with zero attached hydrogens (tertiary/aromatic N) is 2.